The van der Waals surface area contributed by atoms with E-state index in [-0.39, 0.29) is 30.2 Å². The van der Waals surface area contributed by atoms with Crippen molar-refractivity contribution in [1.82, 2.24) is 4.90 Å². The molecule has 27 heavy (non-hydrogen) atoms. The molecule has 0 heterocycles. The Labute approximate surface area is 164 Å². The number of likely N-dealkylation sites (N-methyl/N-ethyl adjacent to an activating group) is 1. The molecule has 6 heteroatoms. The quantitative estimate of drug-likeness (QED) is 0.720. The van der Waals surface area contributed by atoms with Gasteiger partial charge in [-0.3, -0.25) is 9.59 Å². The van der Waals surface area contributed by atoms with Crippen molar-refractivity contribution < 1.29 is 9.59 Å². The molecular weight excluding hydrogens is 358 g/mol. The Kier molecular flexibility index (Phi) is 6.40. The number of carbonyl (C=O) groups excluding carboxylic acids is 2. The average molecular weight is 384 g/mol. The summed E-state index contributed by atoms with van der Waals surface area (Å²) in [6.07, 6.45) is 3.17. The predicted octanol–water partition coefficient (Wildman–Crippen LogP) is 3.21. The molecule has 0 saturated heterocycles. The van der Waals surface area contributed by atoms with E-state index in [2.05, 4.69) is 23.5 Å². The standard InChI is InChI=1S/C21H25N3O2S/c1-24(18-11-6-8-15-7-2-3-9-16(15)18)21(26)13-23-17-10-4-5-12-19(17)27-14-20(22)25/h2-5,7,9-10,12,18,23H,6,8,11,13-14H2,1H3,(H2,22,25). The SMILES string of the molecule is CN(C(=O)CNc1ccccc1SCC(N)=O)C1CCCc2ccccc21. The van der Waals surface area contributed by atoms with Crippen LogP contribution in [0, 0.1) is 0 Å². The molecule has 2 amide bonds. The zero-order valence-electron chi connectivity index (χ0n) is 15.5. The number of primary amides is 1. The number of amides is 2. The first-order chi connectivity index (χ1) is 13.1. The van der Waals surface area contributed by atoms with Gasteiger partial charge in [-0.15, -0.1) is 11.8 Å². The molecule has 3 rings (SSSR count). The fourth-order valence-corrected chi connectivity index (χ4v) is 4.26. The van der Waals surface area contributed by atoms with Crippen LogP contribution in [0.2, 0.25) is 0 Å². The summed E-state index contributed by atoms with van der Waals surface area (Å²) in [6, 6.07) is 16.2. The van der Waals surface area contributed by atoms with Crippen LogP contribution in [0.15, 0.2) is 53.4 Å². The zero-order chi connectivity index (χ0) is 19.2. The summed E-state index contributed by atoms with van der Waals surface area (Å²) < 4.78 is 0. The van der Waals surface area contributed by atoms with E-state index in [9.17, 15) is 9.59 Å². The van der Waals surface area contributed by atoms with E-state index in [0.29, 0.717) is 0 Å². The minimum absolute atomic E-state index is 0.0476. The van der Waals surface area contributed by atoms with Crippen molar-refractivity contribution in [2.24, 2.45) is 5.73 Å². The predicted molar refractivity (Wildman–Crippen MR) is 110 cm³/mol. The van der Waals surface area contributed by atoms with Crippen molar-refractivity contribution in [1.29, 1.82) is 0 Å². The molecule has 0 saturated carbocycles. The third-order valence-corrected chi connectivity index (χ3v) is 5.98. The molecule has 1 aliphatic carbocycles. The topological polar surface area (TPSA) is 75.4 Å². The van der Waals surface area contributed by atoms with E-state index in [0.717, 1.165) is 29.8 Å². The highest BCUT2D eigenvalue weighted by atomic mass is 32.2. The van der Waals surface area contributed by atoms with E-state index in [1.54, 1.807) is 0 Å². The van der Waals surface area contributed by atoms with Crippen molar-refractivity contribution in [2.45, 2.75) is 30.2 Å². The van der Waals surface area contributed by atoms with Gasteiger partial charge in [-0.1, -0.05) is 36.4 Å². The highest BCUT2D eigenvalue weighted by Crippen LogP contribution is 2.33. The molecule has 0 fully saturated rings. The van der Waals surface area contributed by atoms with Crippen molar-refractivity contribution in [3.63, 3.8) is 0 Å². The third kappa shape index (κ3) is 4.83. The summed E-state index contributed by atoms with van der Waals surface area (Å²) in [5, 5.41) is 3.22. The summed E-state index contributed by atoms with van der Waals surface area (Å²) >= 11 is 1.37. The second kappa shape index (κ2) is 8.95. The Hall–Kier alpha value is -2.47. The van der Waals surface area contributed by atoms with Crippen molar-refractivity contribution >= 4 is 29.3 Å². The van der Waals surface area contributed by atoms with Crippen LogP contribution in [0.5, 0.6) is 0 Å². The monoisotopic (exact) mass is 383 g/mol. The molecule has 5 nitrogen and oxygen atoms in total. The van der Waals surface area contributed by atoms with Crippen LogP contribution < -0.4 is 11.1 Å². The van der Waals surface area contributed by atoms with Gasteiger partial charge in [0.1, 0.15) is 0 Å². The number of aryl methyl sites for hydroxylation is 1. The first-order valence-electron chi connectivity index (χ1n) is 9.13. The van der Waals surface area contributed by atoms with Crippen LogP contribution in [0.25, 0.3) is 0 Å². The van der Waals surface area contributed by atoms with Gasteiger partial charge in [0.25, 0.3) is 0 Å². The van der Waals surface area contributed by atoms with Gasteiger partial charge < -0.3 is 16.0 Å². The van der Waals surface area contributed by atoms with Crippen molar-refractivity contribution in [3.8, 4) is 0 Å². The molecule has 2 aromatic carbocycles. The molecule has 0 bridgehead atoms. The van der Waals surface area contributed by atoms with Crippen LogP contribution in [0.1, 0.15) is 30.0 Å². The number of rotatable bonds is 7. The summed E-state index contributed by atoms with van der Waals surface area (Å²) in [4.78, 5) is 26.6. The largest absolute Gasteiger partial charge is 0.375 e. The first kappa shape index (κ1) is 19.3. The van der Waals surface area contributed by atoms with Crippen LogP contribution in [0.4, 0.5) is 5.69 Å². The number of carbonyl (C=O) groups is 2. The van der Waals surface area contributed by atoms with Gasteiger partial charge in [-0.05, 0) is 42.5 Å². The number of thioether (sulfide) groups is 1. The van der Waals surface area contributed by atoms with Crippen molar-refractivity contribution in [2.75, 3.05) is 24.7 Å². The van der Waals surface area contributed by atoms with Crippen LogP contribution in [0.3, 0.4) is 0 Å². The Balaban J connectivity index is 1.64. The van der Waals surface area contributed by atoms with E-state index < -0.39 is 0 Å². The normalized spacial score (nSPS) is 15.7. The summed E-state index contributed by atoms with van der Waals surface area (Å²) in [5.41, 5.74) is 8.68. The maximum Gasteiger partial charge on any atom is 0.242 e. The molecule has 0 radical (unpaired) electrons. The molecule has 0 spiro atoms. The fourth-order valence-electron chi connectivity index (χ4n) is 3.49. The molecule has 2 aromatic rings. The Morgan fingerprint density at radius 3 is 2.74 bits per heavy atom. The maximum absolute atomic E-state index is 12.8. The molecule has 3 N–H and O–H groups in total. The zero-order valence-corrected chi connectivity index (χ0v) is 16.3. The Morgan fingerprint density at radius 2 is 1.93 bits per heavy atom. The summed E-state index contributed by atoms with van der Waals surface area (Å²) in [7, 11) is 1.88. The number of para-hydroxylation sites is 1. The molecule has 142 valence electrons. The highest BCUT2D eigenvalue weighted by molar-refractivity contribution is 8.00. The Bertz CT molecular complexity index is 825. The van der Waals surface area contributed by atoms with Gasteiger partial charge in [0.2, 0.25) is 11.8 Å². The lowest BCUT2D eigenvalue weighted by molar-refractivity contribution is -0.130. The third-order valence-electron chi connectivity index (χ3n) is 4.89. The summed E-state index contributed by atoms with van der Waals surface area (Å²) in [5.74, 6) is -0.0984. The number of nitrogens with zero attached hydrogens (tertiary/aromatic N) is 1. The molecule has 1 aliphatic rings. The van der Waals surface area contributed by atoms with Gasteiger partial charge in [0.05, 0.1) is 18.3 Å². The summed E-state index contributed by atoms with van der Waals surface area (Å²) in [6.45, 7) is 0.212. The van der Waals surface area contributed by atoms with Gasteiger partial charge in [-0.25, -0.2) is 0 Å². The number of nitrogens with two attached hydrogens (primary N) is 1. The van der Waals surface area contributed by atoms with Crippen LogP contribution in [-0.2, 0) is 16.0 Å². The van der Waals surface area contributed by atoms with Gasteiger partial charge in [0, 0.05) is 17.6 Å². The second-order valence-electron chi connectivity index (χ2n) is 6.72. The average Bonchev–Trinajstić information content (AvgIpc) is 2.70. The number of hydrogen-bond acceptors (Lipinski definition) is 4. The number of hydrogen-bond donors (Lipinski definition) is 2. The molecule has 1 atom stereocenters. The van der Waals surface area contributed by atoms with Gasteiger partial charge in [0.15, 0.2) is 0 Å². The lowest BCUT2D eigenvalue weighted by Crippen LogP contribution is -2.37. The minimum atomic E-state index is -0.360. The molecule has 0 aromatic heterocycles. The number of nitrogens with one attached hydrogen (secondary N) is 1. The van der Waals surface area contributed by atoms with Gasteiger partial charge in [-0.2, -0.15) is 0 Å². The molecular formula is C21H25N3O2S. The minimum Gasteiger partial charge on any atom is -0.375 e. The van der Waals surface area contributed by atoms with Crippen LogP contribution >= 0.6 is 11.8 Å². The van der Waals surface area contributed by atoms with E-state index in [1.807, 2.05) is 42.3 Å². The highest BCUT2D eigenvalue weighted by Gasteiger charge is 2.26. The smallest absolute Gasteiger partial charge is 0.242 e. The number of benzene rings is 2. The van der Waals surface area contributed by atoms with Crippen molar-refractivity contribution in [3.05, 3.63) is 59.7 Å². The van der Waals surface area contributed by atoms with Crippen LogP contribution in [-0.4, -0.2) is 36.1 Å². The lowest BCUT2D eigenvalue weighted by atomic mass is 9.87. The Morgan fingerprint density at radius 1 is 1.19 bits per heavy atom. The first-order valence-corrected chi connectivity index (χ1v) is 10.1. The fraction of sp³-hybridized carbons (Fsp3) is 0.333. The van der Waals surface area contributed by atoms with E-state index in [1.165, 1.54) is 22.9 Å². The van der Waals surface area contributed by atoms with E-state index >= 15 is 0 Å². The van der Waals surface area contributed by atoms with Gasteiger partial charge >= 0.3 is 0 Å². The molecule has 0 aliphatic heterocycles. The van der Waals surface area contributed by atoms with E-state index in [4.69, 9.17) is 5.73 Å². The lowest BCUT2D eigenvalue weighted by Gasteiger charge is -2.33. The second-order valence-corrected chi connectivity index (χ2v) is 7.73. The number of fused-ring (bicyclic) bond motifs is 1. The maximum atomic E-state index is 12.8. The molecule has 1 unspecified atom stereocenters. The number of anilines is 1.